The van der Waals surface area contributed by atoms with E-state index < -0.39 is 10.0 Å². The van der Waals surface area contributed by atoms with Gasteiger partial charge >= 0.3 is 0 Å². The summed E-state index contributed by atoms with van der Waals surface area (Å²) in [6.45, 7) is 3.29. The van der Waals surface area contributed by atoms with Crippen molar-refractivity contribution >= 4 is 21.4 Å². The van der Waals surface area contributed by atoms with Crippen LogP contribution < -0.4 is 10.0 Å². The highest BCUT2D eigenvalue weighted by Gasteiger charge is 2.20. The van der Waals surface area contributed by atoms with E-state index >= 15 is 0 Å². The van der Waals surface area contributed by atoms with E-state index in [1.165, 1.54) is 24.2 Å². The van der Waals surface area contributed by atoms with Gasteiger partial charge in [-0.05, 0) is 44.9 Å². The van der Waals surface area contributed by atoms with Crippen LogP contribution in [-0.2, 0) is 10.0 Å². The van der Waals surface area contributed by atoms with E-state index in [-0.39, 0.29) is 0 Å². The zero-order chi connectivity index (χ0) is 12.3. The van der Waals surface area contributed by atoms with E-state index in [2.05, 4.69) is 10.0 Å². The lowest BCUT2D eigenvalue weighted by Crippen LogP contribution is -2.27. The van der Waals surface area contributed by atoms with Crippen molar-refractivity contribution in [1.82, 2.24) is 10.0 Å². The average molecular weight is 274 g/mol. The first kappa shape index (κ1) is 13.0. The van der Waals surface area contributed by atoms with Crippen molar-refractivity contribution in [2.45, 2.75) is 36.4 Å². The summed E-state index contributed by atoms with van der Waals surface area (Å²) in [6, 6.07) is 4.17. The van der Waals surface area contributed by atoms with Crippen LogP contribution in [0, 0.1) is 6.92 Å². The lowest BCUT2D eigenvalue weighted by molar-refractivity contribution is 0.575. The number of nitrogens with one attached hydrogen (secondary N) is 2. The molecule has 17 heavy (non-hydrogen) atoms. The molecule has 0 spiro atoms. The van der Waals surface area contributed by atoms with Crippen molar-refractivity contribution < 1.29 is 8.42 Å². The van der Waals surface area contributed by atoms with Gasteiger partial charge in [0, 0.05) is 17.5 Å². The van der Waals surface area contributed by atoms with E-state index in [9.17, 15) is 8.42 Å². The highest BCUT2D eigenvalue weighted by Crippen LogP contribution is 2.20. The maximum absolute atomic E-state index is 11.8. The molecule has 1 aromatic heterocycles. The van der Waals surface area contributed by atoms with Crippen molar-refractivity contribution in [2.24, 2.45) is 0 Å². The third-order valence-corrected chi connectivity index (χ3v) is 5.59. The molecule has 0 unspecified atom stereocenters. The second kappa shape index (κ2) is 5.48. The van der Waals surface area contributed by atoms with Gasteiger partial charge in [0.1, 0.15) is 4.21 Å². The smallest absolute Gasteiger partial charge is 0.250 e. The van der Waals surface area contributed by atoms with Gasteiger partial charge in [-0.2, -0.15) is 0 Å². The quantitative estimate of drug-likeness (QED) is 0.740. The van der Waals surface area contributed by atoms with Gasteiger partial charge in [-0.3, -0.25) is 0 Å². The van der Waals surface area contributed by atoms with Crippen LogP contribution in [-0.4, -0.2) is 27.5 Å². The van der Waals surface area contributed by atoms with Crippen molar-refractivity contribution in [1.29, 1.82) is 0 Å². The van der Waals surface area contributed by atoms with Gasteiger partial charge in [-0.15, -0.1) is 11.3 Å². The molecule has 1 aromatic rings. The van der Waals surface area contributed by atoms with Crippen LogP contribution in [0.15, 0.2) is 16.3 Å². The Balaban J connectivity index is 1.73. The molecule has 1 fully saturated rings. The predicted octanol–water partition coefficient (Wildman–Crippen LogP) is 1.48. The topological polar surface area (TPSA) is 58.2 Å². The highest BCUT2D eigenvalue weighted by atomic mass is 32.2. The van der Waals surface area contributed by atoms with Gasteiger partial charge in [-0.25, -0.2) is 13.1 Å². The summed E-state index contributed by atoms with van der Waals surface area (Å²) >= 11 is 1.31. The Bertz CT molecular complexity index is 464. The summed E-state index contributed by atoms with van der Waals surface area (Å²) < 4.78 is 26.7. The maximum atomic E-state index is 11.8. The first-order chi connectivity index (χ1) is 8.08. The molecule has 6 heteroatoms. The minimum Gasteiger partial charge on any atom is -0.314 e. The lowest BCUT2D eigenvalue weighted by Gasteiger charge is -2.05. The van der Waals surface area contributed by atoms with Crippen LogP contribution in [0.4, 0.5) is 0 Å². The fraction of sp³-hybridized carbons (Fsp3) is 0.636. The Kier molecular flexibility index (Phi) is 4.19. The Morgan fingerprint density at radius 1 is 1.35 bits per heavy atom. The highest BCUT2D eigenvalue weighted by molar-refractivity contribution is 7.91. The summed E-state index contributed by atoms with van der Waals surface area (Å²) in [5, 5.41) is 3.35. The zero-order valence-electron chi connectivity index (χ0n) is 9.90. The molecule has 96 valence electrons. The Hall–Kier alpha value is -0.430. The van der Waals surface area contributed by atoms with Crippen LogP contribution >= 0.6 is 11.3 Å². The van der Waals surface area contributed by atoms with Crippen molar-refractivity contribution in [3.05, 3.63) is 17.0 Å². The van der Waals surface area contributed by atoms with Gasteiger partial charge in [0.25, 0.3) is 0 Å². The van der Waals surface area contributed by atoms with E-state index in [4.69, 9.17) is 0 Å². The van der Waals surface area contributed by atoms with E-state index in [0.717, 1.165) is 17.8 Å². The first-order valence-electron chi connectivity index (χ1n) is 5.87. The molecule has 1 aliphatic rings. The molecule has 4 nitrogen and oxygen atoms in total. The van der Waals surface area contributed by atoms with Crippen molar-refractivity contribution in [3.63, 3.8) is 0 Å². The monoisotopic (exact) mass is 274 g/mol. The van der Waals surface area contributed by atoms with Crippen LogP contribution in [0.5, 0.6) is 0 Å². The number of hydrogen-bond donors (Lipinski definition) is 2. The number of aryl methyl sites for hydroxylation is 1. The number of sulfonamides is 1. The molecule has 0 saturated heterocycles. The Morgan fingerprint density at radius 2 is 2.12 bits per heavy atom. The molecule has 2 rings (SSSR count). The Labute approximate surface area is 106 Å². The summed E-state index contributed by atoms with van der Waals surface area (Å²) in [6.07, 6.45) is 3.36. The van der Waals surface area contributed by atoms with E-state index in [0.29, 0.717) is 16.8 Å². The SMILES string of the molecule is Cc1ccc(S(=O)(=O)NCCCNC2CC2)s1. The van der Waals surface area contributed by atoms with E-state index in [1.807, 2.05) is 13.0 Å². The number of hydrogen-bond acceptors (Lipinski definition) is 4. The van der Waals surface area contributed by atoms with Crippen molar-refractivity contribution in [2.75, 3.05) is 13.1 Å². The molecular weight excluding hydrogens is 256 g/mol. The van der Waals surface area contributed by atoms with Gasteiger partial charge in [0.15, 0.2) is 0 Å². The molecule has 2 N–H and O–H groups in total. The summed E-state index contributed by atoms with van der Waals surface area (Å²) in [5.41, 5.74) is 0. The lowest BCUT2D eigenvalue weighted by atomic mass is 10.4. The molecule has 0 aliphatic heterocycles. The normalized spacial score (nSPS) is 16.3. The summed E-state index contributed by atoms with van der Waals surface area (Å²) in [5.74, 6) is 0. The van der Waals surface area contributed by atoms with Gasteiger partial charge in [-0.1, -0.05) is 0 Å². The predicted molar refractivity (Wildman–Crippen MR) is 69.9 cm³/mol. The molecule has 0 bridgehead atoms. The second-order valence-electron chi connectivity index (χ2n) is 4.34. The fourth-order valence-electron chi connectivity index (χ4n) is 1.52. The van der Waals surface area contributed by atoms with Crippen LogP contribution in [0.1, 0.15) is 24.1 Å². The number of rotatable bonds is 7. The first-order valence-corrected chi connectivity index (χ1v) is 8.17. The minimum atomic E-state index is -3.28. The third kappa shape index (κ3) is 4.06. The molecule has 0 amide bonds. The molecule has 1 heterocycles. The van der Waals surface area contributed by atoms with Gasteiger partial charge in [0.05, 0.1) is 0 Å². The molecule has 0 aromatic carbocycles. The molecular formula is C11H18N2O2S2. The van der Waals surface area contributed by atoms with Crippen molar-refractivity contribution in [3.8, 4) is 0 Å². The van der Waals surface area contributed by atoms with E-state index in [1.54, 1.807) is 6.07 Å². The van der Waals surface area contributed by atoms with Crippen LogP contribution in [0.3, 0.4) is 0 Å². The fourth-order valence-corrected chi connectivity index (χ4v) is 3.92. The average Bonchev–Trinajstić information content (AvgIpc) is 2.98. The van der Waals surface area contributed by atoms with Gasteiger partial charge < -0.3 is 5.32 Å². The zero-order valence-corrected chi connectivity index (χ0v) is 11.5. The maximum Gasteiger partial charge on any atom is 0.250 e. The molecule has 1 aliphatic carbocycles. The van der Waals surface area contributed by atoms with Crippen LogP contribution in [0.2, 0.25) is 0 Å². The minimum absolute atomic E-state index is 0.408. The second-order valence-corrected chi connectivity index (χ2v) is 7.63. The molecule has 0 atom stereocenters. The standard InChI is InChI=1S/C11H18N2O2S2/c1-9-3-6-11(16-9)17(14,15)13-8-2-7-12-10-4-5-10/h3,6,10,12-13H,2,4-5,7-8H2,1H3. The number of thiophene rings is 1. The summed E-state index contributed by atoms with van der Waals surface area (Å²) in [7, 11) is -3.28. The molecule has 1 saturated carbocycles. The summed E-state index contributed by atoms with van der Waals surface area (Å²) in [4.78, 5) is 1.01. The Morgan fingerprint density at radius 3 is 2.71 bits per heavy atom. The van der Waals surface area contributed by atoms with Crippen LogP contribution in [0.25, 0.3) is 0 Å². The molecule has 0 radical (unpaired) electrons. The van der Waals surface area contributed by atoms with Gasteiger partial charge in [0.2, 0.25) is 10.0 Å². The largest absolute Gasteiger partial charge is 0.314 e. The third-order valence-electron chi connectivity index (χ3n) is 2.64.